The minimum Gasteiger partial charge on any atom is -0.480 e. The molecule has 0 aromatic rings. The zero-order valence-electron chi connectivity index (χ0n) is 7.82. The van der Waals surface area contributed by atoms with Crippen LogP contribution in [0.1, 0.15) is 0 Å². The van der Waals surface area contributed by atoms with Gasteiger partial charge in [0.05, 0.1) is 11.5 Å². The van der Waals surface area contributed by atoms with Crippen molar-refractivity contribution < 1.29 is 20.1 Å². The van der Waals surface area contributed by atoms with Crippen molar-refractivity contribution in [3.05, 3.63) is 0 Å². The molecule has 15 heavy (non-hydrogen) atoms. The van der Waals surface area contributed by atoms with Crippen LogP contribution in [-0.2, 0) is 4.79 Å². The second-order valence-corrected chi connectivity index (χ2v) is 4.21. The third kappa shape index (κ3) is 5.32. The maximum atomic E-state index is 10.6. The lowest BCUT2D eigenvalue weighted by Crippen LogP contribution is -2.50. The molecule has 0 rings (SSSR count). The maximum absolute atomic E-state index is 10.6. The number of nitrogens with one attached hydrogen (secondary N) is 1. The van der Waals surface area contributed by atoms with E-state index in [2.05, 4.69) is 43.2 Å². The Bertz CT molecular complexity index is 207. The molecule has 0 aromatic carbocycles. The van der Waals surface area contributed by atoms with Gasteiger partial charge in [0, 0.05) is 11.5 Å². The molecular formula is C7H15NO4S3. The Morgan fingerprint density at radius 1 is 1.27 bits per heavy atom. The van der Waals surface area contributed by atoms with E-state index >= 15 is 0 Å². The Morgan fingerprint density at radius 3 is 2.13 bits per heavy atom. The molecule has 0 aliphatic carbocycles. The number of hydrogen-bond acceptors (Lipinski definition) is 7. The average molecular weight is 273 g/mol. The average Bonchev–Trinajstić information content (AvgIpc) is 2.22. The summed E-state index contributed by atoms with van der Waals surface area (Å²) in [5.41, 5.74) is 0. The van der Waals surface area contributed by atoms with Gasteiger partial charge in [-0.25, -0.2) is 0 Å². The second-order valence-electron chi connectivity index (χ2n) is 2.93. The van der Waals surface area contributed by atoms with Crippen molar-refractivity contribution in [2.24, 2.45) is 0 Å². The van der Waals surface area contributed by atoms with Gasteiger partial charge in [-0.3, -0.25) is 10.1 Å². The molecule has 0 amide bonds. The molecule has 8 heteroatoms. The van der Waals surface area contributed by atoms with Gasteiger partial charge in [0.2, 0.25) is 0 Å². The summed E-state index contributed by atoms with van der Waals surface area (Å²) in [5.74, 6) is -0.953. The summed E-state index contributed by atoms with van der Waals surface area (Å²) in [6, 6.07) is -0.919. The van der Waals surface area contributed by atoms with Crippen molar-refractivity contribution in [3.63, 3.8) is 0 Å². The normalized spacial score (nSPS) is 19.3. The molecule has 0 fully saturated rings. The Labute approximate surface area is 104 Å². The summed E-state index contributed by atoms with van der Waals surface area (Å²) < 4.78 is 0. The van der Waals surface area contributed by atoms with Gasteiger partial charge in [0.15, 0.2) is 0 Å². The molecule has 0 heterocycles. The molecule has 0 aliphatic heterocycles. The zero-order valence-corrected chi connectivity index (χ0v) is 10.5. The van der Waals surface area contributed by atoms with E-state index in [0.717, 1.165) is 0 Å². The summed E-state index contributed by atoms with van der Waals surface area (Å²) >= 11 is 11.6. The smallest absolute Gasteiger partial charge is 0.321 e. The van der Waals surface area contributed by atoms with Gasteiger partial charge in [0.25, 0.3) is 0 Å². The summed E-state index contributed by atoms with van der Waals surface area (Å²) in [6.45, 7) is 0. The van der Waals surface area contributed by atoms with E-state index in [1.807, 2.05) is 0 Å². The van der Waals surface area contributed by atoms with Crippen LogP contribution < -0.4 is 5.32 Å². The summed E-state index contributed by atoms with van der Waals surface area (Å²) in [5, 5.41) is 29.1. The Balaban J connectivity index is 4.21. The van der Waals surface area contributed by atoms with Crippen LogP contribution in [-0.4, -0.2) is 56.4 Å². The molecule has 0 spiro atoms. The van der Waals surface area contributed by atoms with Crippen molar-refractivity contribution in [1.29, 1.82) is 0 Å². The van der Waals surface area contributed by atoms with E-state index in [0.29, 0.717) is 0 Å². The van der Waals surface area contributed by atoms with E-state index in [1.54, 1.807) is 0 Å². The number of carboxylic acid groups (broad SMARTS) is 1. The van der Waals surface area contributed by atoms with Gasteiger partial charge >= 0.3 is 5.97 Å². The first-order valence-electron chi connectivity index (χ1n) is 4.18. The molecule has 0 radical (unpaired) electrons. The highest BCUT2D eigenvalue weighted by Crippen LogP contribution is 2.07. The molecule has 90 valence electrons. The third-order valence-electron chi connectivity index (χ3n) is 1.76. The fraction of sp³-hybridized carbons (Fsp3) is 0.857. The predicted octanol–water partition coefficient (Wildman–Crippen LogP) is -1.13. The van der Waals surface area contributed by atoms with Crippen molar-refractivity contribution in [2.45, 2.75) is 23.6 Å². The summed E-state index contributed by atoms with van der Waals surface area (Å²) in [7, 11) is 0. The molecule has 0 aromatic heterocycles. The lowest BCUT2D eigenvalue weighted by molar-refractivity contribution is -0.139. The monoisotopic (exact) mass is 273 g/mol. The largest absolute Gasteiger partial charge is 0.480 e. The molecule has 1 unspecified atom stereocenters. The van der Waals surface area contributed by atoms with Crippen LogP contribution in [0, 0.1) is 0 Å². The predicted molar refractivity (Wildman–Crippen MR) is 67.1 cm³/mol. The molecule has 0 saturated carbocycles. The van der Waals surface area contributed by atoms with Crippen LogP contribution in [0.5, 0.6) is 0 Å². The number of aliphatic hydroxyl groups is 2. The highest BCUT2D eigenvalue weighted by atomic mass is 32.1. The summed E-state index contributed by atoms with van der Waals surface area (Å²) in [4.78, 5) is 10.6. The Hall–Kier alpha value is 0.400. The quantitative estimate of drug-likeness (QED) is 0.236. The first-order chi connectivity index (χ1) is 6.93. The molecule has 5 nitrogen and oxygen atoms in total. The van der Waals surface area contributed by atoms with Gasteiger partial charge in [-0.2, -0.15) is 37.9 Å². The van der Waals surface area contributed by atoms with E-state index in [1.165, 1.54) is 0 Å². The van der Waals surface area contributed by atoms with E-state index in [-0.39, 0.29) is 11.5 Å². The zero-order chi connectivity index (χ0) is 12.0. The van der Waals surface area contributed by atoms with Gasteiger partial charge in [0.1, 0.15) is 12.1 Å². The number of aliphatic hydroxyl groups excluding tert-OH is 2. The Morgan fingerprint density at radius 2 is 1.80 bits per heavy atom. The lowest BCUT2D eigenvalue weighted by atomic mass is 10.2. The molecule has 4 N–H and O–H groups in total. The number of thiol groups is 3. The standard InChI is InChI=1S/C7H15NO4S3/c9-4(2-14)5(10)6(15)8-3(1-13)7(11)12/h3-6,8-10,13-15H,1-2H2,(H,11,12)/t3-,4+,5-,6?/m0/s1. The molecule has 0 aliphatic rings. The van der Waals surface area contributed by atoms with Gasteiger partial charge in [-0.1, -0.05) is 0 Å². The number of carbonyl (C=O) groups is 1. The fourth-order valence-corrected chi connectivity index (χ4v) is 1.68. The minimum absolute atomic E-state index is 0.0656. The molecule has 4 atom stereocenters. The SMILES string of the molecule is O=C(O)[C@H](CS)NC(S)[C@@H](O)[C@H](O)CS. The van der Waals surface area contributed by atoms with Crippen LogP contribution in [0.4, 0.5) is 0 Å². The van der Waals surface area contributed by atoms with Crippen LogP contribution in [0.3, 0.4) is 0 Å². The minimum atomic E-state index is -1.19. The number of rotatable bonds is 7. The van der Waals surface area contributed by atoms with Crippen molar-refractivity contribution in [2.75, 3.05) is 11.5 Å². The second kappa shape index (κ2) is 7.64. The van der Waals surface area contributed by atoms with Gasteiger partial charge < -0.3 is 15.3 Å². The third-order valence-corrected chi connectivity index (χ3v) is 2.95. The Kier molecular flexibility index (Phi) is 7.84. The molecular weight excluding hydrogens is 258 g/mol. The lowest BCUT2D eigenvalue weighted by Gasteiger charge is -2.25. The summed E-state index contributed by atoms with van der Waals surface area (Å²) in [6.07, 6.45) is -2.25. The van der Waals surface area contributed by atoms with Crippen molar-refractivity contribution >= 4 is 43.9 Å². The first-order valence-corrected chi connectivity index (χ1v) is 5.97. The topological polar surface area (TPSA) is 89.8 Å². The maximum Gasteiger partial charge on any atom is 0.321 e. The van der Waals surface area contributed by atoms with Crippen molar-refractivity contribution in [3.8, 4) is 0 Å². The number of hydrogen-bond donors (Lipinski definition) is 7. The highest BCUT2D eigenvalue weighted by Gasteiger charge is 2.26. The molecule has 0 bridgehead atoms. The van der Waals surface area contributed by atoms with Gasteiger partial charge in [-0.15, -0.1) is 0 Å². The molecule has 0 saturated heterocycles. The van der Waals surface area contributed by atoms with Crippen LogP contribution >= 0.6 is 37.9 Å². The highest BCUT2D eigenvalue weighted by molar-refractivity contribution is 7.81. The first kappa shape index (κ1) is 15.4. The fourth-order valence-electron chi connectivity index (χ4n) is 0.825. The van der Waals surface area contributed by atoms with Crippen molar-refractivity contribution in [1.82, 2.24) is 5.32 Å². The van der Waals surface area contributed by atoms with E-state index in [4.69, 9.17) is 5.11 Å². The van der Waals surface area contributed by atoms with Gasteiger partial charge in [-0.05, 0) is 0 Å². The van der Waals surface area contributed by atoms with E-state index in [9.17, 15) is 15.0 Å². The van der Waals surface area contributed by atoms with Crippen LogP contribution in [0.2, 0.25) is 0 Å². The number of aliphatic carboxylic acids is 1. The van der Waals surface area contributed by atoms with Crippen LogP contribution in [0.15, 0.2) is 0 Å². The number of carboxylic acids is 1. The van der Waals surface area contributed by atoms with Crippen LogP contribution in [0.25, 0.3) is 0 Å². The van der Waals surface area contributed by atoms with E-state index < -0.39 is 29.6 Å².